The van der Waals surface area contributed by atoms with Gasteiger partial charge in [-0.3, -0.25) is 14.7 Å². The number of carboxylic acids is 1. The Bertz CT molecular complexity index is 1230. The Labute approximate surface area is 169 Å². The molecular weight excluding hydrogens is 394 g/mol. The number of carbonyl (C=O) groups is 2. The van der Waals surface area contributed by atoms with E-state index < -0.39 is 23.5 Å². The minimum absolute atomic E-state index is 0.0626. The van der Waals surface area contributed by atoms with Crippen molar-refractivity contribution >= 4 is 34.5 Å². The van der Waals surface area contributed by atoms with Gasteiger partial charge in [-0.1, -0.05) is 6.07 Å². The molecule has 0 aliphatic carbocycles. The second-order valence-electron chi connectivity index (χ2n) is 6.53. The number of aromatic nitrogens is 2. The molecule has 3 N–H and O–H groups in total. The lowest BCUT2D eigenvalue weighted by atomic mass is 10.0. The number of fused-ring (bicyclic) bond motifs is 1. The van der Waals surface area contributed by atoms with Gasteiger partial charge in [-0.15, -0.1) is 0 Å². The van der Waals surface area contributed by atoms with Crippen molar-refractivity contribution in [3.8, 4) is 6.07 Å². The Morgan fingerprint density at radius 2 is 2.07 bits per heavy atom. The van der Waals surface area contributed by atoms with Gasteiger partial charge in [0.25, 0.3) is 0 Å². The number of rotatable bonds is 6. The van der Waals surface area contributed by atoms with Crippen molar-refractivity contribution in [2.24, 2.45) is 0 Å². The number of aliphatic carboxylic acids is 1. The molecule has 1 heterocycles. The molecule has 0 fully saturated rings. The Morgan fingerprint density at radius 3 is 2.77 bits per heavy atom. The van der Waals surface area contributed by atoms with Crippen LogP contribution in [-0.2, 0) is 16.0 Å². The molecule has 0 aliphatic rings. The molecule has 1 aromatic heterocycles. The first-order valence-corrected chi connectivity index (χ1v) is 8.86. The molecule has 2 aromatic carbocycles. The molecule has 1 amide bonds. The van der Waals surface area contributed by atoms with E-state index in [9.17, 15) is 18.4 Å². The molecule has 0 radical (unpaired) electrons. The summed E-state index contributed by atoms with van der Waals surface area (Å²) in [5.74, 6) is -2.84. The molecule has 152 valence electrons. The third-order valence-electron chi connectivity index (χ3n) is 4.54. The van der Waals surface area contributed by atoms with Gasteiger partial charge in [0.05, 0.1) is 11.2 Å². The van der Waals surface area contributed by atoms with Crippen molar-refractivity contribution in [2.45, 2.75) is 19.8 Å². The third-order valence-corrected chi connectivity index (χ3v) is 4.54. The molecule has 0 atom stereocenters. The summed E-state index contributed by atoms with van der Waals surface area (Å²) >= 11 is 0. The van der Waals surface area contributed by atoms with Crippen molar-refractivity contribution < 1.29 is 23.5 Å². The van der Waals surface area contributed by atoms with Gasteiger partial charge in [-0.2, -0.15) is 10.4 Å². The molecule has 30 heavy (non-hydrogen) atoms. The number of benzene rings is 2. The van der Waals surface area contributed by atoms with Gasteiger partial charge in [0, 0.05) is 29.0 Å². The maximum absolute atomic E-state index is 14.3. The Morgan fingerprint density at radius 1 is 1.30 bits per heavy atom. The summed E-state index contributed by atoms with van der Waals surface area (Å²) in [5, 5.41) is 27.1. The van der Waals surface area contributed by atoms with Crippen LogP contribution in [0.1, 0.15) is 28.8 Å². The summed E-state index contributed by atoms with van der Waals surface area (Å²) < 4.78 is 28.2. The maximum atomic E-state index is 14.3. The fourth-order valence-corrected chi connectivity index (χ4v) is 2.96. The summed E-state index contributed by atoms with van der Waals surface area (Å²) in [5.41, 5.74) is 1.43. The first kappa shape index (κ1) is 20.7. The smallest absolute Gasteiger partial charge is 0.303 e. The highest BCUT2D eigenvalue weighted by molar-refractivity contribution is 6.03. The summed E-state index contributed by atoms with van der Waals surface area (Å²) in [6, 6.07) is 7.04. The molecular formula is C21H16F2N4O3. The van der Waals surface area contributed by atoms with E-state index in [4.69, 9.17) is 10.4 Å². The number of aromatic amines is 1. The molecule has 0 spiro atoms. The van der Waals surface area contributed by atoms with E-state index in [1.165, 1.54) is 31.2 Å². The minimum atomic E-state index is -1.02. The number of nitriles is 1. The van der Waals surface area contributed by atoms with Gasteiger partial charge in [-0.05, 0) is 43.2 Å². The van der Waals surface area contributed by atoms with Crippen LogP contribution < -0.4 is 5.32 Å². The largest absolute Gasteiger partial charge is 0.481 e. The van der Waals surface area contributed by atoms with Gasteiger partial charge in [0.2, 0.25) is 5.91 Å². The number of anilines is 1. The fourth-order valence-electron chi connectivity index (χ4n) is 2.96. The number of hydrogen-bond acceptors (Lipinski definition) is 4. The van der Waals surface area contributed by atoms with Gasteiger partial charge in [0.15, 0.2) is 5.69 Å². The summed E-state index contributed by atoms with van der Waals surface area (Å²) in [7, 11) is 0. The van der Waals surface area contributed by atoms with Gasteiger partial charge >= 0.3 is 5.97 Å². The second-order valence-corrected chi connectivity index (χ2v) is 6.53. The zero-order valence-electron chi connectivity index (χ0n) is 15.8. The first-order valence-electron chi connectivity index (χ1n) is 8.86. The minimum Gasteiger partial charge on any atom is -0.481 e. The van der Waals surface area contributed by atoms with Gasteiger partial charge in [-0.25, -0.2) is 8.78 Å². The number of hydrogen-bond donors (Lipinski definition) is 3. The average Bonchev–Trinajstić information content (AvgIpc) is 3.10. The number of carboxylic acid groups (broad SMARTS) is 1. The van der Waals surface area contributed by atoms with Crippen LogP contribution >= 0.6 is 0 Å². The molecule has 3 rings (SSSR count). The fraction of sp³-hybridized carbons (Fsp3) is 0.143. The number of carbonyl (C=O) groups excluding carboxylic acids is 1. The van der Waals surface area contributed by atoms with E-state index in [-0.39, 0.29) is 35.3 Å². The van der Waals surface area contributed by atoms with E-state index >= 15 is 0 Å². The van der Waals surface area contributed by atoms with Crippen LogP contribution in [0.3, 0.4) is 0 Å². The monoisotopic (exact) mass is 410 g/mol. The molecule has 9 heteroatoms. The Balaban J connectivity index is 1.84. The van der Waals surface area contributed by atoms with Gasteiger partial charge < -0.3 is 10.4 Å². The molecule has 0 aliphatic heterocycles. The Hall–Kier alpha value is -4.06. The highest BCUT2D eigenvalue weighted by Gasteiger charge is 2.14. The van der Waals surface area contributed by atoms with Crippen molar-refractivity contribution in [1.82, 2.24) is 10.2 Å². The lowest BCUT2D eigenvalue weighted by Gasteiger charge is -2.13. The SMILES string of the molecule is Cc1c(F)ccc(CCC(=O)O)c1NC(=O)C=Cc1cc2[nH]nc(C#N)c2cc1F. The van der Waals surface area contributed by atoms with E-state index in [1.54, 1.807) is 0 Å². The van der Waals surface area contributed by atoms with Crippen molar-refractivity contribution in [3.05, 3.63) is 64.4 Å². The normalized spacial score (nSPS) is 11.0. The van der Waals surface area contributed by atoms with E-state index in [2.05, 4.69) is 15.5 Å². The van der Waals surface area contributed by atoms with Crippen LogP contribution in [0.15, 0.2) is 30.3 Å². The van der Waals surface area contributed by atoms with Gasteiger partial charge in [0.1, 0.15) is 17.7 Å². The van der Waals surface area contributed by atoms with Crippen LogP contribution in [0.25, 0.3) is 17.0 Å². The number of nitrogens with one attached hydrogen (secondary N) is 2. The highest BCUT2D eigenvalue weighted by Crippen LogP contribution is 2.25. The molecule has 7 nitrogen and oxygen atoms in total. The van der Waals surface area contributed by atoms with Crippen LogP contribution in [0.4, 0.5) is 14.5 Å². The Kier molecular flexibility index (Phi) is 5.88. The average molecular weight is 410 g/mol. The third kappa shape index (κ3) is 4.33. The molecule has 0 bridgehead atoms. The number of halogens is 2. The summed E-state index contributed by atoms with van der Waals surface area (Å²) in [4.78, 5) is 23.2. The van der Waals surface area contributed by atoms with Crippen LogP contribution in [0.2, 0.25) is 0 Å². The van der Waals surface area contributed by atoms with Crippen LogP contribution in [0.5, 0.6) is 0 Å². The van der Waals surface area contributed by atoms with Crippen LogP contribution in [0, 0.1) is 29.9 Å². The molecule has 0 saturated heterocycles. The molecule has 0 unspecified atom stereocenters. The predicted octanol–water partition coefficient (Wildman–Crippen LogP) is 3.69. The van der Waals surface area contributed by atoms with Crippen molar-refractivity contribution in [2.75, 3.05) is 5.32 Å². The second kappa shape index (κ2) is 8.53. The van der Waals surface area contributed by atoms with E-state index in [0.29, 0.717) is 16.5 Å². The summed E-state index contributed by atoms with van der Waals surface area (Å²) in [6.07, 6.45) is 2.26. The number of amides is 1. The standard InChI is InChI=1S/C21H16F2N4O3/c1-11-15(22)5-2-12(4-7-20(29)30)21(11)25-19(28)6-3-13-8-17-14(9-16(13)23)18(10-24)27-26-17/h2-3,5-6,8-9H,4,7H2,1H3,(H,25,28)(H,26,27)(H,29,30). The number of H-pyrrole nitrogens is 1. The molecule has 0 saturated carbocycles. The highest BCUT2D eigenvalue weighted by atomic mass is 19.1. The number of aryl methyl sites for hydroxylation is 1. The first-order chi connectivity index (χ1) is 14.3. The lowest BCUT2D eigenvalue weighted by molar-refractivity contribution is -0.136. The van der Waals surface area contributed by atoms with Crippen molar-refractivity contribution in [1.29, 1.82) is 5.26 Å². The predicted molar refractivity (Wildman–Crippen MR) is 106 cm³/mol. The van der Waals surface area contributed by atoms with E-state index in [0.717, 1.165) is 12.1 Å². The number of nitrogens with zero attached hydrogens (tertiary/aromatic N) is 2. The van der Waals surface area contributed by atoms with Crippen LogP contribution in [-0.4, -0.2) is 27.2 Å². The topological polar surface area (TPSA) is 119 Å². The zero-order chi connectivity index (χ0) is 21.8. The maximum Gasteiger partial charge on any atom is 0.303 e. The molecule has 3 aromatic rings. The zero-order valence-corrected chi connectivity index (χ0v) is 15.8. The lowest BCUT2D eigenvalue weighted by Crippen LogP contribution is -2.13. The van der Waals surface area contributed by atoms with E-state index in [1.807, 2.05) is 6.07 Å². The quantitative estimate of drug-likeness (QED) is 0.536. The van der Waals surface area contributed by atoms with Crippen molar-refractivity contribution in [3.63, 3.8) is 0 Å². The summed E-state index contributed by atoms with van der Waals surface area (Å²) in [6.45, 7) is 1.47.